The molecule has 0 saturated heterocycles. The number of rotatable bonds is 3. The van der Waals surface area contributed by atoms with E-state index in [1.165, 1.54) is 0 Å². The van der Waals surface area contributed by atoms with Crippen molar-refractivity contribution < 1.29 is 4.79 Å². The Kier molecular flexibility index (Phi) is 3.41. The topological polar surface area (TPSA) is 17.1 Å². The molecule has 3 aromatic carbocycles. The van der Waals surface area contributed by atoms with E-state index < -0.39 is 0 Å². The Morgan fingerprint density at radius 2 is 1.57 bits per heavy atom. The lowest BCUT2D eigenvalue weighted by atomic mass is 9.97. The molecule has 0 heterocycles. The molecule has 0 unspecified atom stereocenters. The first-order valence-corrected chi connectivity index (χ1v) is 6.95. The van der Waals surface area contributed by atoms with Gasteiger partial charge in [-0.3, -0.25) is 4.79 Å². The smallest absolute Gasteiger partial charge is 0.193 e. The van der Waals surface area contributed by atoms with Crippen LogP contribution in [-0.2, 0) is 0 Å². The van der Waals surface area contributed by atoms with E-state index in [0.717, 1.165) is 21.9 Å². The molecule has 3 rings (SSSR count). The van der Waals surface area contributed by atoms with Crippen LogP contribution in [0.15, 0.2) is 67.2 Å². The van der Waals surface area contributed by atoms with Gasteiger partial charge in [-0.25, -0.2) is 0 Å². The van der Waals surface area contributed by atoms with Gasteiger partial charge in [0.1, 0.15) is 0 Å². The average Bonchev–Trinajstić information content (AvgIpc) is 2.54. The molecule has 0 radical (unpaired) electrons. The third-order valence-corrected chi connectivity index (χ3v) is 3.77. The van der Waals surface area contributed by atoms with Gasteiger partial charge in [-0.05, 0) is 41.0 Å². The molecule has 102 valence electrons. The zero-order valence-corrected chi connectivity index (χ0v) is 12.0. The lowest BCUT2D eigenvalue weighted by Crippen LogP contribution is -2.02. The lowest BCUT2D eigenvalue weighted by molar-refractivity contribution is 0.103. The molecular weight excluding hydrogens is 256 g/mol. The van der Waals surface area contributed by atoms with Crippen LogP contribution in [0.3, 0.4) is 0 Å². The van der Waals surface area contributed by atoms with Crippen LogP contribution in [-0.4, -0.2) is 5.78 Å². The highest BCUT2D eigenvalue weighted by Gasteiger charge is 2.10. The quantitative estimate of drug-likeness (QED) is 0.612. The van der Waals surface area contributed by atoms with Gasteiger partial charge in [0.25, 0.3) is 0 Å². The number of aryl methyl sites for hydroxylation is 1. The van der Waals surface area contributed by atoms with E-state index in [0.29, 0.717) is 11.1 Å². The number of carbonyl (C=O) groups excluding carboxylic acids is 1. The summed E-state index contributed by atoms with van der Waals surface area (Å²) < 4.78 is 0. The lowest BCUT2D eigenvalue weighted by Gasteiger charge is -2.06. The SMILES string of the molecule is C=Cc1cc(C(=O)c2ccc3ccccc3c2)ccc1C. The second kappa shape index (κ2) is 5.37. The molecule has 1 nitrogen and oxygen atoms in total. The van der Waals surface area contributed by atoms with Gasteiger partial charge in [0, 0.05) is 11.1 Å². The van der Waals surface area contributed by atoms with Crippen LogP contribution in [0.25, 0.3) is 16.8 Å². The molecule has 0 atom stereocenters. The van der Waals surface area contributed by atoms with Crippen molar-refractivity contribution in [2.24, 2.45) is 0 Å². The summed E-state index contributed by atoms with van der Waals surface area (Å²) in [6.45, 7) is 5.81. The number of ketones is 1. The van der Waals surface area contributed by atoms with Crippen molar-refractivity contribution in [1.29, 1.82) is 0 Å². The van der Waals surface area contributed by atoms with E-state index in [1.807, 2.05) is 67.6 Å². The van der Waals surface area contributed by atoms with Gasteiger partial charge in [0.2, 0.25) is 0 Å². The van der Waals surface area contributed by atoms with Crippen LogP contribution in [0, 0.1) is 6.92 Å². The molecule has 0 aliphatic carbocycles. The number of fused-ring (bicyclic) bond motifs is 1. The van der Waals surface area contributed by atoms with Crippen LogP contribution in [0.4, 0.5) is 0 Å². The molecule has 3 aromatic rings. The molecule has 0 fully saturated rings. The van der Waals surface area contributed by atoms with Crippen LogP contribution in [0.5, 0.6) is 0 Å². The molecule has 21 heavy (non-hydrogen) atoms. The molecule has 0 aliphatic heterocycles. The highest BCUT2D eigenvalue weighted by atomic mass is 16.1. The zero-order chi connectivity index (χ0) is 14.8. The Morgan fingerprint density at radius 1 is 0.905 bits per heavy atom. The van der Waals surface area contributed by atoms with Gasteiger partial charge in [0.05, 0.1) is 0 Å². The predicted octanol–water partition coefficient (Wildman–Crippen LogP) is 5.02. The summed E-state index contributed by atoms with van der Waals surface area (Å²) in [6, 6.07) is 19.6. The Bertz CT molecular complexity index is 843. The fourth-order valence-electron chi connectivity index (χ4n) is 2.50. The van der Waals surface area contributed by atoms with Gasteiger partial charge < -0.3 is 0 Å². The van der Waals surface area contributed by atoms with E-state index in [1.54, 1.807) is 6.08 Å². The minimum absolute atomic E-state index is 0.0452. The van der Waals surface area contributed by atoms with Crippen molar-refractivity contribution in [3.63, 3.8) is 0 Å². The highest BCUT2D eigenvalue weighted by Crippen LogP contribution is 2.20. The molecule has 1 heteroatoms. The minimum Gasteiger partial charge on any atom is -0.289 e. The van der Waals surface area contributed by atoms with Crippen molar-refractivity contribution in [3.05, 3.63) is 89.5 Å². The number of benzene rings is 3. The van der Waals surface area contributed by atoms with Crippen LogP contribution in [0.1, 0.15) is 27.0 Å². The Morgan fingerprint density at radius 3 is 2.33 bits per heavy atom. The molecule has 0 spiro atoms. The van der Waals surface area contributed by atoms with Crippen LogP contribution < -0.4 is 0 Å². The predicted molar refractivity (Wildman–Crippen MR) is 88.7 cm³/mol. The van der Waals surface area contributed by atoms with Crippen LogP contribution in [0.2, 0.25) is 0 Å². The van der Waals surface area contributed by atoms with Crippen LogP contribution >= 0.6 is 0 Å². The first kappa shape index (κ1) is 13.3. The maximum atomic E-state index is 12.6. The summed E-state index contributed by atoms with van der Waals surface area (Å²) >= 11 is 0. The van der Waals surface area contributed by atoms with Crippen molar-refractivity contribution in [3.8, 4) is 0 Å². The summed E-state index contributed by atoms with van der Waals surface area (Å²) in [5, 5.41) is 2.23. The van der Waals surface area contributed by atoms with E-state index >= 15 is 0 Å². The normalized spacial score (nSPS) is 10.5. The van der Waals surface area contributed by atoms with Crippen molar-refractivity contribution in [2.45, 2.75) is 6.92 Å². The van der Waals surface area contributed by atoms with Gasteiger partial charge in [-0.1, -0.05) is 61.2 Å². The second-order valence-electron chi connectivity index (χ2n) is 5.17. The number of carbonyl (C=O) groups is 1. The average molecular weight is 272 g/mol. The monoisotopic (exact) mass is 272 g/mol. The maximum Gasteiger partial charge on any atom is 0.193 e. The van der Waals surface area contributed by atoms with Crippen molar-refractivity contribution in [1.82, 2.24) is 0 Å². The second-order valence-corrected chi connectivity index (χ2v) is 5.17. The Balaban J connectivity index is 2.05. The van der Waals surface area contributed by atoms with Crippen molar-refractivity contribution >= 4 is 22.6 Å². The Hall–Kier alpha value is -2.67. The van der Waals surface area contributed by atoms with E-state index in [2.05, 4.69) is 6.58 Å². The molecule has 0 N–H and O–H groups in total. The summed E-state index contributed by atoms with van der Waals surface area (Å²) in [5.41, 5.74) is 3.54. The highest BCUT2D eigenvalue weighted by molar-refractivity contribution is 6.10. The van der Waals surface area contributed by atoms with Gasteiger partial charge in [-0.15, -0.1) is 0 Å². The third kappa shape index (κ3) is 2.50. The minimum atomic E-state index is 0.0452. The van der Waals surface area contributed by atoms with Gasteiger partial charge in [-0.2, -0.15) is 0 Å². The molecular formula is C20H16O. The molecule has 0 aromatic heterocycles. The molecule has 0 bridgehead atoms. The van der Waals surface area contributed by atoms with E-state index in [9.17, 15) is 4.79 Å². The van der Waals surface area contributed by atoms with Crippen molar-refractivity contribution in [2.75, 3.05) is 0 Å². The number of hydrogen-bond donors (Lipinski definition) is 0. The first-order valence-electron chi connectivity index (χ1n) is 6.95. The summed E-state index contributed by atoms with van der Waals surface area (Å²) in [5.74, 6) is 0.0452. The van der Waals surface area contributed by atoms with Gasteiger partial charge >= 0.3 is 0 Å². The summed E-state index contributed by atoms with van der Waals surface area (Å²) in [6.07, 6.45) is 1.78. The van der Waals surface area contributed by atoms with E-state index in [-0.39, 0.29) is 5.78 Å². The maximum absolute atomic E-state index is 12.6. The largest absolute Gasteiger partial charge is 0.289 e. The molecule has 0 amide bonds. The van der Waals surface area contributed by atoms with Gasteiger partial charge in [0.15, 0.2) is 5.78 Å². The fraction of sp³-hybridized carbons (Fsp3) is 0.0500. The number of hydrogen-bond acceptors (Lipinski definition) is 1. The third-order valence-electron chi connectivity index (χ3n) is 3.77. The molecule has 0 aliphatic rings. The molecule has 0 saturated carbocycles. The Labute approximate surface area is 124 Å². The zero-order valence-electron chi connectivity index (χ0n) is 12.0. The standard InChI is InChI=1S/C20H16O/c1-3-15-12-18(9-8-14(15)2)20(21)19-11-10-16-6-4-5-7-17(16)13-19/h3-13H,1H2,2H3. The fourth-order valence-corrected chi connectivity index (χ4v) is 2.50. The van der Waals surface area contributed by atoms with E-state index in [4.69, 9.17) is 0 Å². The first-order chi connectivity index (χ1) is 10.2. The summed E-state index contributed by atoms with van der Waals surface area (Å²) in [7, 11) is 0. The summed E-state index contributed by atoms with van der Waals surface area (Å²) in [4.78, 5) is 12.6.